The molecule has 1 atom stereocenters. The second kappa shape index (κ2) is 3.74. The predicted molar refractivity (Wildman–Crippen MR) is 65.0 cm³/mol. The highest BCUT2D eigenvalue weighted by atomic mass is 16.3. The van der Waals surface area contributed by atoms with Crippen LogP contribution in [0.3, 0.4) is 0 Å². The van der Waals surface area contributed by atoms with E-state index in [1.807, 2.05) is 0 Å². The molecule has 3 rings (SSSR count). The number of anilines is 1. The zero-order chi connectivity index (χ0) is 12.0. The molecular weight excluding hydrogens is 216 g/mol. The molecule has 4 nitrogen and oxygen atoms in total. The molecule has 0 heterocycles. The van der Waals surface area contributed by atoms with Gasteiger partial charge in [-0.15, -0.1) is 0 Å². The van der Waals surface area contributed by atoms with E-state index in [-0.39, 0.29) is 6.10 Å². The first-order chi connectivity index (χ1) is 8.16. The lowest BCUT2D eigenvalue weighted by molar-refractivity contribution is 0.180. The molecule has 0 fully saturated rings. The first-order valence-corrected chi connectivity index (χ1v) is 6.09. The van der Waals surface area contributed by atoms with Crippen LogP contribution >= 0.6 is 0 Å². The fraction of sp³-hybridized carbons (Fsp3) is 0.462. The van der Waals surface area contributed by atoms with E-state index in [0.29, 0.717) is 0 Å². The number of urea groups is 1. The molecule has 0 aromatic heterocycles. The Kier molecular flexibility index (Phi) is 2.33. The molecule has 2 amide bonds. The number of aliphatic hydroxyl groups is 1. The van der Waals surface area contributed by atoms with Gasteiger partial charge < -0.3 is 16.2 Å². The summed E-state index contributed by atoms with van der Waals surface area (Å²) in [7, 11) is 0. The van der Waals surface area contributed by atoms with Gasteiger partial charge >= 0.3 is 6.03 Å². The van der Waals surface area contributed by atoms with Crippen LogP contribution in [0.2, 0.25) is 0 Å². The van der Waals surface area contributed by atoms with Crippen molar-refractivity contribution >= 4 is 11.7 Å². The van der Waals surface area contributed by atoms with Gasteiger partial charge in [-0.05, 0) is 54.4 Å². The molecule has 0 saturated heterocycles. The molecule has 0 saturated carbocycles. The maximum absolute atomic E-state index is 11.1. The lowest BCUT2D eigenvalue weighted by atomic mass is 9.98. The number of primary amides is 1. The number of fused-ring (bicyclic) bond motifs is 2. The van der Waals surface area contributed by atoms with Gasteiger partial charge in [0.05, 0.1) is 6.10 Å². The second-order valence-corrected chi connectivity index (χ2v) is 4.85. The summed E-state index contributed by atoms with van der Waals surface area (Å²) in [6, 6.07) is 1.59. The zero-order valence-corrected chi connectivity index (χ0v) is 9.62. The van der Waals surface area contributed by atoms with Crippen molar-refractivity contribution in [2.24, 2.45) is 5.73 Å². The van der Waals surface area contributed by atoms with Crippen LogP contribution in [0.5, 0.6) is 0 Å². The van der Waals surface area contributed by atoms with Crippen molar-refractivity contribution in [1.82, 2.24) is 0 Å². The van der Waals surface area contributed by atoms with Crippen molar-refractivity contribution in [3.05, 3.63) is 28.3 Å². The predicted octanol–water partition coefficient (Wildman–Crippen LogP) is 1.65. The minimum absolute atomic E-state index is 0.385. The van der Waals surface area contributed by atoms with E-state index in [1.54, 1.807) is 0 Å². The smallest absolute Gasteiger partial charge is 0.316 e. The summed E-state index contributed by atoms with van der Waals surface area (Å²) >= 11 is 0. The van der Waals surface area contributed by atoms with Crippen molar-refractivity contribution in [3.8, 4) is 0 Å². The number of hydrogen-bond acceptors (Lipinski definition) is 2. The largest absolute Gasteiger partial charge is 0.388 e. The fourth-order valence-electron chi connectivity index (χ4n) is 3.09. The number of nitrogens with two attached hydrogens (primary N) is 1. The van der Waals surface area contributed by atoms with Crippen molar-refractivity contribution < 1.29 is 9.90 Å². The Balaban J connectivity index is 2.17. The quantitative estimate of drug-likeness (QED) is 0.688. The molecule has 2 aliphatic carbocycles. The third-order valence-corrected chi connectivity index (χ3v) is 3.82. The average molecular weight is 232 g/mol. The number of carbonyl (C=O) groups excluding carboxylic acids is 1. The number of nitrogens with one attached hydrogen (secondary N) is 1. The Morgan fingerprint density at radius 1 is 1.35 bits per heavy atom. The molecule has 90 valence electrons. The highest BCUT2D eigenvalue weighted by molar-refractivity contribution is 5.90. The highest BCUT2D eigenvalue weighted by Crippen LogP contribution is 2.42. The Morgan fingerprint density at radius 2 is 2.18 bits per heavy atom. The molecule has 1 aromatic rings. The first-order valence-electron chi connectivity index (χ1n) is 6.09. The van der Waals surface area contributed by atoms with E-state index in [2.05, 4.69) is 11.4 Å². The molecule has 0 radical (unpaired) electrons. The minimum Gasteiger partial charge on any atom is -0.388 e. The standard InChI is InChI=1S/C13H16N2O2/c14-13(17)15-12-8-3-1-2-7(8)6-10-9(12)4-5-11(10)16/h6,11,16H,1-5H2,(H3,14,15,17). The maximum atomic E-state index is 11.1. The van der Waals surface area contributed by atoms with Crippen molar-refractivity contribution in [1.29, 1.82) is 0 Å². The number of amides is 2. The molecule has 0 bridgehead atoms. The summed E-state index contributed by atoms with van der Waals surface area (Å²) in [5.41, 5.74) is 10.6. The normalized spacial score (nSPS) is 21.1. The van der Waals surface area contributed by atoms with E-state index in [1.165, 1.54) is 11.1 Å². The summed E-state index contributed by atoms with van der Waals surface area (Å²) in [4.78, 5) is 11.1. The van der Waals surface area contributed by atoms with Gasteiger partial charge in [0.15, 0.2) is 0 Å². The summed E-state index contributed by atoms with van der Waals surface area (Å²) in [6.07, 6.45) is 4.31. The lowest BCUT2D eigenvalue weighted by Crippen LogP contribution is -2.21. The monoisotopic (exact) mass is 232 g/mol. The number of carbonyl (C=O) groups is 1. The molecule has 1 unspecified atom stereocenters. The van der Waals surface area contributed by atoms with Gasteiger partial charge in [0.2, 0.25) is 0 Å². The fourth-order valence-corrected chi connectivity index (χ4v) is 3.09. The molecule has 17 heavy (non-hydrogen) atoms. The van der Waals surface area contributed by atoms with Gasteiger partial charge in [0.25, 0.3) is 0 Å². The topological polar surface area (TPSA) is 75.4 Å². The van der Waals surface area contributed by atoms with Crippen LogP contribution in [-0.4, -0.2) is 11.1 Å². The minimum atomic E-state index is -0.520. The van der Waals surface area contributed by atoms with Gasteiger partial charge in [0, 0.05) is 5.69 Å². The number of rotatable bonds is 1. The summed E-state index contributed by atoms with van der Waals surface area (Å²) in [6.45, 7) is 0. The van der Waals surface area contributed by atoms with Crippen molar-refractivity contribution in [3.63, 3.8) is 0 Å². The van der Waals surface area contributed by atoms with Gasteiger partial charge in [-0.25, -0.2) is 4.79 Å². The van der Waals surface area contributed by atoms with Gasteiger partial charge in [-0.3, -0.25) is 0 Å². The Hall–Kier alpha value is -1.55. The number of benzene rings is 1. The third kappa shape index (κ3) is 1.60. The van der Waals surface area contributed by atoms with Gasteiger partial charge in [-0.1, -0.05) is 6.07 Å². The second-order valence-electron chi connectivity index (χ2n) is 4.85. The van der Waals surface area contributed by atoms with Crippen LogP contribution in [0.25, 0.3) is 0 Å². The van der Waals surface area contributed by atoms with Crippen LogP contribution < -0.4 is 11.1 Å². The third-order valence-electron chi connectivity index (χ3n) is 3.82. The Bertz CT molecular complexity index is 497. The van der Waals surface area contributed by atoms with Gasteiger partial charge in [0.1, 0.15) is 0 Å². The number of aryl methyl sites for hydroxylation is 1. The van der Waals surface area contributed by atoms with Crippen LogP contribution in [0.15, 0.2) is 6.07 Å². The van der Waals surface area contributed by atoms with E-state index < -0.39 is 6.03 Å². The molecule has 0 spiro atoms. The lowest BCUT2D eigenvalue weighted by Gasteiger charge is -2.15. The zero-order valence-electron chi connectivity index (χ0n) is 9.62. The molecule has 2 aliphatic rings. The summed E-state index contributed by atoms with van der Waals surface area (Å²) in [5, 5.41) is 12.7. The van der Waals surface area contributed by atoms with Crippen molar-refractivity contribution in [2.75, 3.05) is 5.32 Å². The number of hydrogen-bond donors (Lipinski definition) is 3. The first kappa shape index (κ1) is 10.6. The maximum Gasteiger partial charge on any atom is 0.316 e. The SMILES string of the molecule is NC(=O)Nc1c2c(cc3c1CCC3O)CCC2. The molecular formula is C13H16N2O2. The van der Waals surface area contributed by atoms with Crippen LogP contribution in [-0.2, 0) is 19.3 Å². The van der Waals surface area contributed by atoms with Crippen LogP contribution in [0.4, 0.5) is 10.5 Å². The van der Waals surface area contributed by atoms with Gasteiger partial charge in [-0.2, -0.15) is 0 Å². The van der Waals surface area contributed by atoms with Crippen molar-refractivity contribution in [2.45, 2.75) is 38.2 Å². The van der Waals surface area contributed by atoms with E-state index in [0.717, 1.165) is 48.9 Å². The molecule has 0 aliphatic heterocycles. The van der Waals surface area contributed by atoms with Crippen LogP contribution in [0.1, 0.15) is 41.2 Å². The molecule has 4 heteroatoms. The molecule has 1 aromatic carbocycles. The van der Waals surface area contributed by atoms with E-state index in [9.17, 15) is 9.90 Å². The Morgan fingerprint density at radius 3 is 2.94 bits per heavy atom. The van der Waals surface area contributed by atoms with Crippen LogP contribution in [0, 0.1) is 0 Å². The number of aliphatic hydroxyl groups excluding tert-OH is 1. The highest BCUT2D eigenvalue weighted by Gasteiger charge is 2.28. The summed E-state index contributed by atoms with van der Waals surface area (Å²) in [5.74, 6) is 0. The molecule has 4 N–H and O–H groups in total. The summed E-state index contributed by atoms with van der Waals surface area (Å²) < 4.78 is 0. The average Bonchev–Trinajstić information content (AvgIpc) is 2.86. The van der Waals surface area contributed by atoms with E-state index in [4.69, 9.17) is 5.73 Å². The Labute approximate surface area is 99.8 Å². The van der Waals surface area contributed by atoms with E-state index >= 15 is 0 Å².